The summed E-state index contributed by atoms with van der Waals surface area (Å²) in [7, 11) is 1.39. The fourth-order valence-electron chi connectivity index (χ4n) is 2.47. The minimum Gasteiger partial charge on any atom is -0.497 e. The highest BCUT2D eigenvalue weighted by Crippen LogP contribution is 2.36. The van der Waals surface area contributed by atoms with Crippen LogP contribution in [0.5, 0.6) is 5.75 Å². The summed E-state index contributed by atoms with van der Waals surface area (Å²) in [5.41, 5.74) is -3.59. The predicted octanol–water partition coefficient (Wildman–Crippen LogP) is 2.17. The highest BCUT2D eigenvalue weighted by Gasteiger charge is 2.69. The number of methoxy groups -OCH3 is 1. The summed E-state index contributed by atoms with van der Waals surface area (Å²) in [6, 6.07) is 4.02. The molecule has 1 saturated heterocycles. The van der Waals surface area contributed by atoms with Crippen molar-refractivity contribution in [3.63, 3.8) is 0 Å². The second-order valence-corrected chi connectivity index (χ2v) is 6.16. The lowest BCUT2D eigenvalue weighted by Gasteiger charge is -2.30. The first kappa shape index (κ1) is 19.5. The van der Waals surface area contributed by atoms with E-state index in [1.165, 1.54) is 31.4 Å². The fourth-order valence-corrected chi connectivity index (χ4v) is 2.47. The molecular formula is C16H18F3N3O4. The van der Waals surface area contributed by atoms with Gasteiger partial charge in [-0.25, -0.2) is 9.69 Å². The Morgan fingerprint density at radius 1 is 1.27 bits per heavy atom. The number of urea groups is 1. The van der Waals surface area contributed by atoms with Crippen molar-refractivity contribution in [1.29, 1.82) is 0 Å². The molecule has 0 saturated carbocycles. The zero-order valence-electron chi connectivity index (χ0n) is 14.3. The molecule has 0 radical (unpaired) electrons. The lowest BCUT2D eigenvalue weighted by molar-refractivity contribution is -0.201. The Morgan fingerprint density at radius 2 is 1.85 bits per heavy atom. The van der Waals surface area contributed by atoms with E-state index in [-0.39, 0.29) is 18.0 Å². The van der Waals surface area contributed by atoms with Gasteiger partial charge in [0.2, 0.25) is 5.91 Å². The summed E-state index contributed by atoms with van der Waals surface area (Å²) >= 11 is 0. The molecule has 1 fully saturated rings. The van der Waals surface area contributed by atoms with Gasteiger partial charge in [-0.15, -0.1) is 0 Å². The van der Waals surface area contributed by atoms with Crippen molar-refractivity contribution >= 4 is 23.5 Å². The van der Waals surface area contributed by atoms with Crippen molar-refractivity contribution in [1.82, 2.24) is 10.6 Å². The first-order valence-electron chi connectivity index (χ1n) is 7.70. The van der Waals surface area contributed by atoms with Gasteiger partial charge in [0.05, 0.1) is 12.8 Å². The van der Waals surface area contributed by atoms with Gasteiger partial charge in [0.25, 0.3) is 11.6 Å². The average Bonchev–Trinajstić information content (AvgIpc) is 2.78. The number of amides is 4. The van der Waals surface area contributed by atoms with Crippen LogP contribution in [0.4, 0.5) is 23.7 Å². The molecule has 1 unspecified atom stereocenters. The molecule has 0 aliphatic carbocycles. The number of benzene rings is 1. The largest absolute Gasteiger partial charge is 0.497 e. The second kappa shape index (κ2) is 6.85. The number of nitrogens with zero attached hydrogens (tertiary/aromatic N) is 1. The van der Waals surface area contributed by atoms with E-state index in [0.717, 1.165) is 0 Å². The summed E-state index contributed by atoms with van der Waals surface area (Å²) in [6.45, 7) is 3.27. The number of carbonyl (C=O) groups excluding carboxylic acids is 3. The van der Waals surface area contributed by atoms with E-state index < -0.39 is 29.7 Å². The van der Waals surface area contributed by atoms with E-state index in [1.807, 2.05) is 0 Å². The number of alkyl halides is 3. The van der Waals surface area contributed by atoms with Gasteiger partial charge < -0.3 is 10.1 Å². The summed E-state index contributed by atoms with van der Waals surface area (Å²) < 4.78 is 45.9. The minimum atomic E-state index is -5.23. The van der Waals surface area contributed by atoms with E-state index >= 15 is 0 Å². The molecule has 0 spiro atoms. The standard InChI is InChI=1S/C16H18F3N3O4/c1-9(2)8-12(23)20-15(16(17,18)19)13(24)22(14(25)21-15)10-4-6-11(26-3)7-5-10/h4-7,9H,8H2,1-3H3,(H,20,23)(H,21,25). The molecular weight excluding hydrogens is 355 g/mol. The van der Waals surface area contributed by atoms with Gasteiger partial charge in [-0.3, -0.25) is 14.9 Å². The Morgan fingerprint density at radius 3 is 2.31 bits per heavy atom. The van der Waals surface area contributed by atoms with Crippen LogP contribution < -0.4 is 20.3 Å². The van der Waals surface area contributed by atoms with Crippen molar-refractivity contribution in [3.05, 3.63) is 24.3 Å². The zero-order valence-corrected chi connectivity index (χ0v) is 14.3. The van der Waals surface area contributed by atoms with Crippen LogP contribution in [-0.4, -0.2) is 36.8 Å². The van der Waals surface area contributed by atoms with Crippen molar-refractivity contribution in [2.75, 3.05) is 12.0 Å². The number of carbonyl (C=O) groups is 3. The molecule has 0 bridgehead atoms. The van der Waals surface area contributed by atoms with E-state index in [2.05, 4.69) is 0 Å². The molecule has 2 N–H and O–H groups in total. The van der Waals surface area contributed by atoms with Crippen LogP contribution in [0.1, 0.15) is 20.3 Å². The Hall–Kier alpha value is -2.78. The molecule has 2 rings (SSSR count). The number of halogens is 3. The molecule has 1 aromatic carbocycles. The molecule has 10 heteroatoms. The smallest absolute Gasteiger partial charge is 0.440 e. The minimum absolute atomic E-state index is 0.0856. The van der Waals surface area contributed by atoms with Crippen LogP contribution in [0.3, 0.4) is 0 Å². The van der Waals surface area contributed by atoms with Crippen LogP contribution in [0.2, 0.25) is 0 Å². The van der Waals surface area contributed by atoms with E-state index in [0.29, 0.717) is 10.6 Å². The van der Waals surface area contributed by atoms with Gasteiger partial charge in [0.1, 0.15) is 5.75 Å². The molecule has 4 amide bonds. The first-order valence-corrected chi connectivity index (χ1v) is 7.70. The molecule has 1 atom stereocenters. The monoisotopic (exact) mass is 373 g/mol. The van der Waals surface area contributed by atoms with Gasteiger partial charge in [-0.1, -0.05) is 13.8 Å². The third-order valence-corrected chi connectivity index (χ3v) is 3.70. The van der Waals surface area contributed by atoms with Crippen molar-refractivity contribution < 1.29 is 32.3 Å². The van der Waals surface area contributed by atoms with Gasteiger partial charge in [-0.2, -0.15) is 13.2 Å². The maximum absolute atomic E-state index is 13.6. The summed E-state index contributed by atoms with van der Waals surface area (Å²) in [4.78, 5) is 36.9. The van der Waals surface area contributed by atoms with Gasteiger partial charge in [0, 0.05) is 6.42 Å². The maximum Gasteiger partial charge on any atom is 0.440 e. The number of imide groups is 1. The second-order valence-electron chi connectivity index (χ2n) is 6.16. The zero-order chi connectivity index (χ0) is 19.7. The highest BCUT2D eigenvalue weighted by atomic mass is 19.4. The van der Waals surface area contributed by atoms with E-state index in [9.17, 15) is 27.6 Å². The number of ether oxygens (including phenoxy) is 1. The van der Waals surface area contributed by atoms with Crippen molar-refractivity contribution in [3.8, 4) is 5.75 Å². The Kier molecular flexibility index (Phi) is 5.15. The maximum atomic E-state index is 13.6. The third kappa shape index (κ3) is 3.44. The van der Waals surface area contributed by atoms with Crippen LogP contribution in [-0.2, 0) is 9.59 Å². The topological polar surface area (TPSA) is 87.7 Å². The quantitative estimate of drug-likeness (QED) is 0.775. The summed E-state index contributed by atoms with van der Waals surface area (Å²) in [5.74, 6) is -2.46. The first-order chi connectivity index (χ1) is 12.0. The van der Waals surface area contributed by atoms with Crippen LogP contribution in [0.25, 0.3) is 0 Å². The molecule has 26 heavy (non-hydrogen) atoms. The number of hydrogen-bond acceptors (Lipinski definition) is 4. The summed E-state index contributed by atoms with van der Waals surface area (Å²) in [5, 5.41) is 3.24. The highest BCUT2D eigenvalue weighted by molar-refractivity contribution is 6.24. The van der Waals surface area contributed by atoms with Crippen LogP contribution in [0.15, 0.2) is 24.3 Å². The van der Waals surface area contributed by atoms with Crippen LogP contribution in [0, 0.1) is 5.92 Å². The lowest BCUT2D eigenvalue weighted by atomic mass is 10.1. The molecule has 7 nitrogen and oxygen atoms in total. The third-order valence-electron chi connectivity index (χ3n) is 3.70. The average molecular weight is 373 g/mol. The predicted molar refractivity (Wildman–Crippen MR) is 85.4 cm³/mol. The molecule has 1 aliphatic heterocycles. The van der Waals surface area contributed by atoms with Gasteiger partial charge in [-0.05, 0) is 30.2 Å². The molecule has 1 aromatic rings. The fraction of sp³-hybridized carbons (Fsp3) is 0.438. The molecule has 0 aromatic heterocycles. The van der Waals surface area contributed by atoms with Gasteiger partial charge >= 0.3 is 12.2 Å². The Balaban J connectivity index is 2.40. The lowest BCUT2D eigenvalue weighted by Crippen LogP contribution is -2.69. The number of nitrogens with one attached hydrogen (secondary N) is 2. The Bertz CT molecular complexity index is 718. The van der Waals surface area contributed by atoms with E-state index in [4.69, 9.17) is 4.74 Å². The van der Waals surface area contributed by atoms with Crippen LogP contribution >= 0.6 is 0 Å². The SMILES string of the molecule is COc1ccc(N2C(=O)NC(NC(=O)CC(C)C)(C(F)(F)F)C2=O)cc1. The van der Waals surface area contributed by atoms with Gasteiger partial charge in [0.15, 0.2) is 0 Å². The normalized spacial score (nSPS) is 20.3. The number of rotatable bonds is 5. The number of anilines is 1. The summed E-state index contributed by atoms with van der Waals surface area (Å²) in [6.07, 6.45) is -5.46. The molecule has 1 heterocycles. The number of hydrogen-bond donors (Lipinski definition) is 2. The molecule has 142 valence electrons. The van der Waals surface area contributed by atoms with E-state index in [1.54, 1.807) is 24.5 Å². The van der Waals surface area contributed by atoms with Crippen molar-refractivity contribution in [2.24, 2.45) is 5.92 Å². The molecule has 1 aliphatic rings. The van der Waals surface area contributed by atoms with Crippen molar-refractivity contribution in [2.45, 2.75) is 32.1 Å². The Labute approximate surface area is 147 Å².